The van der Waals surface area contributed by atoms with E-state index in [1.807, 2.05) is 0 Å². The largest absolute Gasteiger partial charge is 0.444 e. The third-order valence-electron chi connectivity index (χ3n) is 2.37. The number of benzene rings is 1. The number of amides is 2. The van der Waals surface area contributed by atoms with Crippen LogP contribution in [0.3, 0.4) is 0 Å². The second-order valence-corrected chi connectivity index (χ2v) is 5.41. The highest BCUT2D eigenvalue weighted by molar-refractivity contribution is 6.00. The van der Waals surface area contributed by atoms with Gasteiger partial charge in [0.15, 0.2) is 6.29 Å². The van der Waals surface area contributed by atoms with Crippen LogP contribution in [0.4, 0.5) is 4.79 Å². The summed E-state index contributed by atoms with van der Waals surface area (Å²) in [5.41, 5.74) is 2.13. The van der Waals surface area contributed by atoms with E-state index in [0.717, 1.165) is 0 Å². The summed E-state index contributed by atoms with van der Waals surface area (Å²) in [6.45, 7) is 5.51. The molecule has 0 fully saturated rings. The molecule has 0 spiro atoms. The molecular weight excluding hydrogens is 288 g/mol. The Balaban J connectivity index is 2.29. The molecule has 2 amide bonds. The first-order valence-corrected chi connectivity index (χ1v) is 6.76. The van der Waals surface area contributed by atoms with Gasteiger partial charge in [0.2, 0.25) is 0 Å². The van der Waals surface area contributed by atoms with Crippen molar-refractivity contribution in [3.05, 3.63) is 35.4 Å². The highest BCUT2D eigenvalue weighted by Gasteiger charge is 2.15. The maximum Gasteiger partial charge on any atom is 0.407 e. The van der Waals surface area contributed by atoms with Crippen LogP contribution in [0.15, 0.2) is 24.3 Å². The van der Waals surface area contributed by atoms with Crippen LogP contribution in [0.2, 0.25) is 0 Å². The lowest BCUT2D eigenvalue weighted by Gasteiger charge is -2.19. The smallest absolute Gasteiger partial charge is 0.407 e. The summed E-state index contributed by atoms with van der Waals surface area (Å²) in [7, 11) is 0. The summed E-state index contributed by atoms with van der Waals surface area (Å²) >= 11 is 0. The van der Waals surface area contributed by atoms with E-state index in [2.05, 4.69) is 10.8 Å². The molecule has 0 atom stereocenters. The number of carbonyl (C=O) groups is 3. The van der Waals surface area contributed by atoms with Crippen LogP contribution in [-0.4, -0.2) is 37.0 Å². The molecule has 7 nitrogen and oxygen atoms in total. The molecule has 0 unspecified atom stereocenters. The van der Waals surface area contributed by atoms with Gasteiger partial charge in [-0.15, -0.1) is 0 Å². The van der Waals surface area contributed by atoms with Gasteiger partial charge in [-0.2, -0.15) is 0 Å². The van der Waals surface area contributed by atoms with E-state index in [0.29, 0.717) is 6.29 Å². The number of carbonyl (C=O) groups excluding carboxylic acids is 3. The molecular formula is C15H20N2O5. The van der Waals surface area contributed by atoms with Crippen LogP contribution in [0, 0.1) is 0 Å². The van der Waals surface area contributed by atoms with Crippen molar-refractivity contribution in [2.45, 2.75) is 26.4 Å². The van der Waals surface area contributed by atoms with Gasteiger partial charge >= 0.3 is 6.09 Å². The minimum absolute atomic E-state index is 0.0637. The van der Waals surface area contributed by atoms with Crippen LogP contribution >= 0.6 is 0 Å². The van der Waals surface area contributed by atoms with E-state index < -0.39 is 17.6 Å². The first-order valence-electron chi connectivity index (χ1n) is 6.76. The summed E-state index contributed by atoms with van der Waals surface area (Å²) in [5.74, 6) is -0.528. The van der Waals surface area contributed by atoms with Crippen molar-refractivity contribution >= 4 is 18.3 Å². The van der Waals surface area contributed by atoms with E-state index in [4.69, 9.17) is 9.57 Å². The summed E-state index contributed by atoms with van der Waals surface area (Å²) in [6.07, 6.45) is 0.0348. The second kappa shape index (κ2) is 8.14. The van der Waals surface area contributed by atoms with Crippen LogP contribution < -0.4 is 10.8 Å². The molecule has 1 aromatic rings. The van der Waals surface area contributed by atoms with Gasteiger partial charge in [0.1, 0.15) is 5.60 Å². The lowest BCUT2D eigenvalue weighted by molar-refractivity contribution is 0.0283. The number of aldehydes is 1. The summed E-state index contributed by atoms with van der Waals surface area (Å²) in [5, 5.41) is 2.48. The maximum atomic E-state index is 11.8. The molecule has 1 aromatic carbocycles. The molecule has 22 heavy (non-hydrogen) atoms. The lowest BCUT2D eigenvalue weighted by atomic mass is 10.1. The number of hydroxylamine groups is 1. The third-order valence-corrected chi connectivity index (χ3v) is 2.37. The number of ether oxygens (including phenoxy) is 1. The molecule has 0 saturated heterocycles. The topological polar surface area (TPSA) is 93.7 Å². The molecule has 120 valence electrons. The summed E-state index contributed by atoms with van der Waals surface area (Å²) in [6, 6.07) is 6.35. The first-order chi connectivity index (χ1) is 10.3. The molecule has 0 aliphatic heterocycles. The molecule has 2 N–H and O–H groups in total. The Morgan fingerprint density at radius 1 is 1.23 bits per heavy atom. The molecule has 0 radical (unpaired) electrons. The van der Waals surface area contributed by atoms with E-state index in [1.165, 1.54) is 12.1 Å². The molecule has 0 bridgehead atoms. The fourth-order valence-corrected chi connectivity index (χ4v) is 1.50. The van der Waals surface area contributed by atoms with E-state index >= 15 is 0 Å². The van der Waals surface area contributed by atoms with Crippen molar-refractivity contribution in [3.63, 3.8) is 0 Å². The SMILES string of the molecule is CC(C)(C)OC(=O)NCCONC(=O)c1ccccc1C=O. The average molecular weight is 308 g/mol. The Hall–Kier alpha value is -2.41. The molecule has 0 heterocycles. The Kier molecular flexibility index (Phi) is 6.52. The van der Waals surface area contributed by atoms with Crippen molar-refractivity contribution < 1.29 is 24.0 Å². The number of alkyl carbamates (subject to hydrolysis) is 1. The second-order valence-electron chi connectivity index (χ2n) is 5.41. The van der Waals surface area contributed by atoms with Gasteiger partial charge in [-0.3, -0.25) is 14.4 Å². The lowest BCUT2D eigenvalue weighted by Crippen LogP contribution is -2.35. The zero-order valence-electron chi connectivity index (χ0n) is 12.8. The number of nitrogens with one attached hydrogen (secondary N) is 2. The predicted octanol–water partition coefficient (Wildman–Crippen LogP) is 1.69. The van der Waals surface area contributed by atoms with Gasteiger partial charge in [0, 0.05) is 12.1 Å². The first kappa shape index (κ1) is 17.6. The fraction of sp³-hybridized carbons (Fsp3) is 0.400. The average Bonchev–Trinajstić information content (AvgIpc) is 2.44. The standard InChI is InChI=1S/C15H20N2O5/c1-15(2,3)22-14(20)16-8-9-21-17-13(19)12-7-5-4-6-11(12)10-18/h4-7,10H,8-9H2,1-3H3,(H,16,20)(H,17,19). The third kappa shape index (κ3) is 6.36. The number of hydrogen-bond acceptors (Lipinski definition) is 5. The number of rotatable bonds is 6. The van der Waals surface area contributed by atoms with Crippen molar-refractivity contribution in [3.8, 4) is 0 Å². The normalized spacial score (nSPS) is 10.7. The van der Waals surface area contributed by atoms with Crippen molar-refractivity contribution in [2.24, 2.45) is 0 Å². The Morgan fingerprint density at radius 2 is 1.91 bits per heavy atom. The predicted molar refractivity (Wildman–Crippen MR) is 79.5 cm³/mol. The molecule has 0 aromatic heterocycles. The van der Waals surface area contributed by atoms with Gasteiger partial charge < -0.3 is 10.1 Å². The quantitative estimate of drug-likeness (QED) is 0.474. The van der Waals surface area contributed by atoms with E-state index in [9.17, 15) is 14.4 Å². The zero-order valence-corrected chi connectivity index (χ0v) is 12.8. The van der Waals surface area contributed by atoms with Crippen molar-refractivity contribution in [2.75, 3.05) is 13.2 Å². The minimum Gasteiger partial charge on any atom is -0.444 e. The van der Waals surface area contributed by atoms with Gasteiger partial charge in [-0.05, 0) is 26.8 Å². The van der Waals surface area contributed by atoms with Crippen LogP contribution in [0.25, 0.3) is 0 Å². The zero-order chi connectivity index (χ0) is 16.6. The monoisotopic (exact) mass is 308 g/mol. The highest BCUT2D eigenvalue weighted by atomic mass is 16.7. The molecule has 0 saturated carbocycles. The van der Waals surface area contributed by atoms with Gasteiger partial charge in [0.05, 0.1) is 12.2 Å². The van der Waals surface area contributed by atoms with Gasteiger partial charge in [0.25, 0.3) is 5.91 Å². The summed E-state index contributed by atoms with van der Waals surface area (Å²) < 4.78 is 5.03. The molecule has 0 aliphatic rings. The minimum atomic E-state index is -0.572. The Morgan fingerprint density at radius 3 is 2.55 bits per heavy atom. The van der Waals surface area contributed by atoms with E-state index in [-0.39, 0.29) is 24.3 Å². The van der Waals surface area contributed by atoms with Gasteiger partial charge in [-0.25, -0.2) is 10.3 Å². The maximum absolute atomic E-state index is 11.8. The van der Waals surface area contributed by atoms with Crippen LogP contribution in [0.1, 0.15) is 41.5 Å². The summed E-state index contributed by atoms with van der Waals surface area (Å²) in [4.78, 5) is 38.9. The highest BCUT2D eigenvalue weighted by Crippen LogP contribution is 2.06. The van der Waals surface area contributed by atoms with Gasteiger partial charge in [-0.1, -0.05) is 18.2 Å². The molecule has 1 rings (SSSR count). The Bertz CT molecular complexity index is 537. The fourth-order valence-electron chi connectivity index (χ4n) is 1.50. The molecule has 7 heteroatoms. The molecule has 0 aliphatic carbocycles. The Labute approximate surface area is 128 Å². The number of hydrogen-bond donors (Lipinski definition) is 2. The van der Waals surface area contributed by atoms with Crippen molar-refractivity contribution in [1.82, 2.24) is 10.8 Å². The van der Waals surface area contributed by atoms with Crippen molar-refractivity contribution in [1.29, 1.82) is 0 Å². The van der Waals surface area contributed by atoms with E-state index in [1.54, 1.807) is 32.9 Å². The van der Waals surface area contributed by atoms with Crippen LogP contribution in [-0.2, 0) is 9.57 Å². The van der Waals surface area contributed by atoms with Crippen LogP contribution in [0.5, 0.6) is 0 Å².